The van der Waals surface area contributed by atoms with E-state index < -0.39 is 0 Å². The predicted octanol–water partition coefficient (Wildman–Crippen LogP) is 4.95. The zero-order valence-electron chi connectivity index (χ0n) is 14.1. The molecule has 21 heavy (non-hydrogen) atoms. The minimum Gasteiger partial charge on any atom is -0.490 e. The fourth-order valence-corrected chi connectivity index (χ4v) is 3.68. The first-order valence-corrected chi connectivity index (χ1v) is 8.62. The van der Waals surface area contributed by atoms with E-state index in [2.05, 4.69) is 57.3 Å². The van der Waals surface area contributed by atoms with E-state index in [0.717, 1.165) is 30.6 Å². The molecule has 0 amide bonds. The Morgan fingerprint density at radius 1 is 1.05 bits per heavy atom. The van der Waals surface area contributed by atoms with Gasteiger partial charge in [0.05, 0.1) is 6.10 Å². The summed E-state index contributed by atoms with van der Waals surface area (Å²) in [6.45, 7) is 10.1. The van der Waals surface area contributed by atoms with Gasteiger partial charge in [0, 0.05) is 6.04 Å². The number of hydrogen-bond acceptors (Lipinski definition) is 2. The Morgan fingerprint density at radius 3 is 2.19 bits per heavy atom. The molecular weight excluding hydrogens is 258 g/mol. The van der Waals surface area contributed by atoms with E-state index in [0.29, 0.717) is 12.1 Å². The highest BCUT2D eigenvalue weighted by atomic mass is 16.5. The number of benzene rings is 1. The van der Waals surface area contributed by atoms with Crippen LogP contribution in [0, 0.1) is 11.8 Å². The Balaban J connectivity index is 1.95. The summed E-state index contributed by atoms with van der Waals surface area (Å²) in [6.07, 6.45) is 5.25. The molecule has 0 saturated heterocycles. The molecule has 1 aliphatic rings. The van der Waals surface area contributed by atoms with Crippen molar-refractivity contribution in [3.63, 3.8) is 0 Å². The Bertz CT molecular complexity index is 404. The average Bonchev–Trinajstić information content (AvgIpc) is 2.45. The molecule has 2 rings (SSSR count). The smallest absolute Gasteiger partial charge is 0.119 e. The lowest BCUT2D eigenvalue weighted by Crippen LogP contribution is -2.28. The summed E-state index contributed by atoms with van der Waals surface area (Å²) in [5.41, 5.74) is 1.36. The third-order valence-corrected chi connectivity index (χ3v) is 4.58. The molecule has 2 nitrogen and oxygen atoms in total. The molecule has 3 unspecified atom stereocenters. The van der Waals surface area contributed by atoms with Gasteiger partial charge in [-0.05, 0) is 61.8 Å². The molecule has 0 spiro atoms. The van der Waals surface area contributed by atoms with E-state index in [9.17, 15) is 0 Å². The van der Waals surface area contributed by atoms with Crippen LogP contribution in [0.1, 0.15) is 65.0 Å². The van der Waals surface area contributed by atoms with Crippen molar-refractivity contribution in [2.24, 2.45) is 11.8 Å². The summed E-state index contributed by atoms with van der Waals surface area (Å²) < 4.78 is 6.20. The molecule has 1 N–H and O–H groups in total. The van der Waals surface area contributed by atoms with Gasteiger partial charge in [-0.2, -0.15) is 0 Å². The monoisotopic (exact) mass is 289 g/mol. The number of hydrogen-bond donors (Lipinski definition) is 1. The molecule has 1 saturated carbocycles. The maximum absolute atomic E-state index is 6.20. The highest BCUT2D eigenvalue weighted by Crippen LogP contribution is 2.31. The lowest BCUT2D eigenvalue weighted by atomic mass is 9.82. The Morgan fingerprint density at radius 2 is 1.67 bits per heavy atom. The van der Waals surface area contributed by atoms with Crippen LogP contribution in [0.5, 0.6) is 5.75 Å². The van der Waals surface area contributed by atoms with Crippen molar-refractivity contribution < 1.29 is 4.74 Å². The zero-order valence-corrected chi connectivity index (χ0v) is 14.1. The van der Waals surface area contributed by atoms with Crippen LogP contribution >= 0.6 is 0 Å². The van der Waals surface area contributed by atoms with Crippen molar-refractivity contribution in [2.45, 2.75) is 65.5 Å². The summed E-state index contributed by atoms with van der Waals surface area (Å²) in [7, 11) is 0. The van der Waals surface area contributed by atoms with Gasteiger partial charge in [0.25, 0.3) is 0 Å². The molecule has 1 fully saturated rings. The summed E-state index contributed by atoms with van der Waals surface area (Å²) >= 11 is 0. The van der Waals surface area contributed by atoms with Crippen LogP contribution in [0.2, 0.25) is 0 Å². The minimum atomic E-state index is 0.394. The van der Waals surface area contributed by atoms with E-state index in [1.54, 1.807) is 0 Å². The van der Waals surface area contributed by atoms with Gasteiger partial charge in [0.1, 0.15) is 5.75 Å². The van der Waals surface area contributed by atoms with Crippen molar-refractivity contribution in [3.05, 3.63) is 29.8 Å². The van der Waals surface area contributed by atoms with Gasteiger partial charge < -0.3 is 10.1 Å². The molecule has 2 heteroatoms. The zero-order chi connectivity index (χ0) is 15.2. The van der Waals surface area contributed by atoms with Crippen molar-refractivity contribution >= 4 is 0 Å². The number of ether oxygens (including phenoxy) is 1. The largest absolute Gasteiger partial charge is 0.490 e. The second-order valence-corrected chi connectivity index (χ2v) is 6.74. The molecule has 1 aromatic rings. The molecule has 0 radical (unpaired) electrons. The Kier molecular flexibility index (Phi) is 6.10. The summed E-state index contributed by atoms with van der Waals surface area (Å²) in [6, 6.07) is 9.15. The molecule has 0 aromatic heterocycles. The first-order chi connectivity index (χ1) is 10.1. The van der Waals surface area contributed by atoms with Crippen LogP contribution in [-0.4, -0.2) is 12.6 Å². The second kappa shape index (κ2) is 7.84. The van der Waals surface area contributed by atoms with Crippen LogP contribution in [0.3, 0.4) is 0 Å². The van der Waals surface area contributed by atoms with Crippen molar-refractivity contribution in [1.29, 1.82) is 0 Å². The molecule has 0 aliphatic heterocycles. The van der Waals surface area contributed by atoms with Gasteiger partial charge in [0.15, 0.2) is 0 Å². The van der Waals surface area contributed by atoms with Gasteiger partial charge in [-0.1, -0.05) is 39.8 Å². The van der Waals surface area contributed by atoms with Crippen molar-refractivity contribution in [3.8, 4) is 5.75 Å². The third kappa shape index (κ3) is 4.74. The lowest BCUT2D eigenvalue weighted by Gasteiger charge is -2.31. The second-order valence-electron chi connectivity index (χ2n) is 6.74. The molecule has 1 aliphatic carbocycles. The maximum Gasteiger partial charge on any atom is 0.119 e. The highest BCUT2D eigenvalue weighted by Gasteiger charge is 2.25. The fourth-order valence-electron chi connectivity index (χ4n) is 3.68. The van der Waals surface area contributed by atoms with Crippen LogP contribution in [-0.2, 0) is 0 Å². The Labute approximate surface area is 130 Å². The van der Waals surface area contributed by atoms with Crippen molar-refractivity contribution in [2.75, 3.05) is 6.54 Å². The van der Waals surface area contributed by atoms with E-state index in [4.69, 9.17) is 4.74 Å². The SMILES string of the molecule is CCNC(CC)c1ccc(OC2CC(C)CC(C)C2)cc1. The Hall–Kier alpha value is -1.02. The fraction of sp³-hybridized carbons (Fsp3) is 0.684. The molecular formula is C19H31NO. The number of nitrogens with one attached hydrogen (secondary N) is 1. The van der Waals surface area contributed by atoms with Crippen LogP contribution in [0.25, 0.3) is 0 Å². The van der Waals surface area contributed by atoms with Gasteiger partial charge in [-0.3, -0.25) is 0 Å². The number of rotatable bonds is 6. The highest BCUT2D eigenvalue weighted by molar-refractivity contribution is 5.29. The van der Waals surface area contributed by atoms with Crippen LogP contribution in [0.4, 0.5) is 0 Å². The minimum absolute atomic E-state index is 0.394. The summed E-state index contributed by atoms with van der Waals surface area (Å²) in [5.74, 6) is 2.60. The molecule has 118 valence electrons. The van der Waals surface area contributed by atoms with Gasteiger partial charge in [-0.25, -0.2) is 0 Å². The standard InChI is InChI=1S/C19H31NO/c1-5-19(20-6-2)16-7-9-17(10-8-16)21-18-12-14(3)11-15(4)13-18/h7-10,14-15,18-20H,5-6,11-13H2,1-4H3. The summed E-state index contributed by atoms with van der Waals surface area (Å²) in [5, 5.41) is 3.52. The first kappa shape index (κ1) is 16.4. The third-order valence-electron chi connectivity index (χ3n) is 4.58. The lowest BCUT2D eigenvalue weighted by molar-refractivity contribution is 0.101. The molecule has 0 bridgehead atoms. The van der Waals surface area contributed by atoms with Gasteiger partial charge >= 0.3 is 0 Å². The summed E-state index contributed by atoms with van der Waals surface area (Å²) in [4.78, 5) is 0. The van der Waals surface area contributed by atoms with E-state index >= 15 is 0 Å². The quantitative estimate of drug-likeness (QED) is 0.800. The maximum atomic E-state index is 6.20. The van der Waals surface area contributed by atoms with Gasteiger partial charge in [0.2, 0.25) is 0 Å². The molecule has 1 aromatic carbocycles. The predicted molar refractivity (Wildman–Crippen MR) is 89.7 cm³/mol. The average molecular weight is 289 g/mol. The molecule has 0 heterocycles. The van der Waals surface area contributed by atoms with E-state index in [1.165, 1.54) is 24.8 Å². The van der Waals surface area contributed by atoms with Gasteiger partial charge in [-0.15, -0.1) is 0 Å². The van der Waals surface area contributed by atoms with Crippen molar-refractivity contribution in [1.82, 2.24) is 5.32 Å². The topological polar surface area (TPSA) is 21.3 Å². The first-order valence-electron chi connectivity index (χ1n) is 8.62. The molecule has 3 atom stereocenters. The van der Waals surface area contributed by atoms with Crippen LogP contribution < -0.4 is 10.1 Å². The van der Waals surface area contributed by atoms with E-state index in [-0.39, 0.29) is 0 Å². The van der Waals surface area contributed by atoms with Crippen LogP contribution in [0.15, 0.2) is 24.3 Å². The normalized spacial score (nSPS) is 27.3. The van der Waals surface area contributed by atoms with E-state index in [1.807, 2.05) is 0 Å².